The quantitative estimate of drug-likeness (QED) is 0.116. The van der Waals surface area contributed by atoms with Crippen molar-refractivity contribution in [1.29, 1.82) is 0 Å². The number of benzene rings is 4. The molecule has 0 unspecified atom stereocenters. The molecule has 1 aromatic heterocycles. The van der Waals surface area contributed by atoms with Gasteiger partial charge in [-0.2, -0.15) is 0 Å². The van der Waals surface area contributed by atoms with Gasteiger partial charge in [-0.15, -0.1) is 0 Å². The summed E-state index contributed by atoms with van der Waals surface area (Å²) in [5.74, 6) is -2.06. The number of aliphatic carboxylic acids is 1. The summed E-state index contributed by atoms with van der Waals surface area (Å²) >= 11 is 0. The molecule has 0 aliphatic carbocycles. The number of nitrogens with two attached hydrogens (primary N) is 1. The molecule has 0 aliphatic heterocycles. The summed E-state index contributed by atoms with van der Waals surface area (Å²) in [6, 6.07) is 26.4. The van der Waals surface area contributed by atoms with Crippen LogP contribution in [0.1, 0.15) is 47.2 Å². The van der Waals surface area contributed by atoms with Crippen LogP contribution in [0.4, 0.5) is 5.69 Å². The van der Waals surface area contributed by atoms with E-state index in [9.17, 15) is 29.1 Å². The first-order valence-corrected chi connectivity index (χ1v) is 17.0. The minimum Gasteiger partial charge on any atom is -0.497 e. The second-order valence-electron chi connectivity index (χ2n) is 13.4. The van der Waals surface area contributed by atoms with E-state index >= 15 is 0 Å². The second kappa shape index (κ2) is 16.2. The lowest BCUT2D eigenvalue weighted by atomic mass is 9.84. The van der Waals surface area contributed by atoms with Gasteiger partial charge in [-0.05, 0) is 83.1 Å². The smallest absolute Gasteiger partial charge is 0.313 e. The van der Waals surface area contributed by atoms with E-state index in [1.54, 1.807) is 70.5 Å². The molecule has 0 saturated carbocycles. The molecule has 11 nitrogen and oxygen atoms in total. The van der Waals surface area contributed by atoms with Crippen molar-refractivity contribution in [2.24, 2.45) is 5.73 Å². The summed E-state index contributed by atoms with van der Waals surface area (Å²) in [5.41, 5.74) is 7.36. The Hall–Kier alpha value is -6.49. The number of rotatable bonds is 14. The molecule has 1 atom stereocenters. The van der Waals surface area contributed by atoms with E-state index < -0.39 is 40.7 Å². The molecule has 4 aromatic carbocycles. The summed E-state index contributed by atoms with van der Waals surface area (Å²) in [4.78, 5) is 65.1. The minimum atomic E-state index is -1.14. The lowest BCUT2D eigenvalue weighted by molar-refractivity contribution is -0.142. The van der Waals surface area contributed by atoms with Crippen LogP contribution in [0.15, 0.2) is 108 Å². The van der Waals surface area contributed by atoms with Gasteiger partial charge in [0, 0.05) is 18.7 Å². The number of nitrogens with zero attached hydrogens (tertiary/aromatic N) is 1. The SMILES string of the molecule is COc1ccc(Cn2cc(/C=C/C(N)=O)c(C)c(NC(=O)[C@H](Cc3ccc(C(C)(C)C(=O)O)cc3)NC(=O)Cc3ccc4ccccc4c3)c2=O)cc1. The van der Waals surface area contributed by atoms with Crippen LogP contribution in [0.2, 0.25) is 0 Å². The molecule has 5 rings (SSSR count). The van der Waals surface area contributed by atoms with Gasteiger partial charge < -0.3 is 30.8 Å². The van der Waals surface area contributed by atoms with Crippen LogP contribution in [-0.4, -0.2) is 46.5 Å². The molecule has 11 heteroatoms. The summed E-state index contributed by atoms with van der Waals surface area (Å²) in [5, 5.41) is 17.3. The topological polar surface area (TPSA) is 170 Å². The summed E-state index contributed by atoms with van der Waals surface area (Å²) < 4.78 is 6.66. The van der Waals surface area contributed by atoms with Crippen molar-refractivity contribution in [2.75, 3.05) is 12.4 Å². The zero-order valence-corrected chi connectivity index (χ0v) is 30.0. The number of primary amides is 1. The molecule has 3 amide bonds. The molecule has 0 radical (unpaired) electrons. The van der Waals surface area contributed by atoms with Crippen LogP contribution in [0, 0.1) is 6.92 Å². The Bertz CT molecular complexity index is 2260. The number of amides is 3. The fourth-order valence-corrected chi connectivity index (χ4v) is 5.92. The van der Waals surface area contributed by atoms with Crippen LogP contribution in [0.3, 0.4) is 0 Å². The molecule has 272 valence electrons. The Morgan fingerprint density at radius 3 is 2.19 bits per heavy atom. The van der Waals surface area contributed by atoms with E-state index in [-0.39, 0.29) is 25.1 Å². The van der Waals surface area contributed by atoms with Crippen molar-refractivity contribution >= 4 is 46.2 Å². The Labute approximate surface area is 307 Å². The molecular weight excluding hydrogens is 672 g/mol. The number of nitrogens with one attached hydrogen (secondary N) is 2. The van der Waals surface area contributed by atoms with Crippen LogP contribution in [0.25, 0.3) is 16.8 Å². The molecule has 0 aliphatic rings. The number of pyridine rings is 1. The second-order valence-corrected chi connectivity index (χ2v) is 13.4. The summed E-state index contributed by atoms with van der Waals surface area (Å²) in [6.45, 7) is 4.99. The van der Waals surface area contributed by atoms with Crippen LogP contribution in [-0.2, 0) is 44.0 Å². The first kappa shape index (κ1) is 37.8. The number of carboxylic acid groups (broad SMARTS) is 1. The summed E-state index contributed by atoms with van der Waals surface area (Å²) in [6.07, 6.45) is 4.27. The predicted molar refractivity (Wildman–Crippen MR) is 205 cm³/mol. The van der Waals surface area contributed by atoms with Gasteiger partial charge in [-0.25, -0.2) is 0 Å². The standard InChI is InChI=1S/C42H42N4O7/c1-26-32(15-20-36(43)47)25-46(24-28-12-18-34(53-4)19-13-28)40(50)38(26)45-39(49)35(22-27-10-16-33(17-11-27)42(2,3)41(51)52)44-37(48)23-29-9-14-30-7-5-6-8-31(30)21-29/h5-21,25,35H,22-24H2,1-4H3,(H2,43,47)(H,44,48)(H,45,49)(H,51,52)/b20-15+/t35-/m0/s1. The maximum absolute atomic E-state index is 14.2. The van der Waals surface area contributed by atoms with Crippen molar-refractivity contribution in [1.82, 2.24) is 9.88 Å². The molecule has 0 bridgehead atoms. The number of anilines is 1. The van der Waals surface area contributed by atoms with Gasteiger partial charge in [-0.1, -0.05) is 78.9 Å². The number of carboxylic acids is 1. The highest BCUT2D eigenvalue weighted by Crippen LogP contribution is 2.25. The minimum absolute atomic E-state index is 0.00143. The highest BCUT2D eigenvalue weighted by molar-refractivity contribution is 5.99. The normalized spacial score (nSPS) is 12.0. The summed E-state index contributed by atoms with van der Waals surface area (Å²) in [7, 11) is 1.56. The molecule has 5 aromatic rings. The van der Waals surface area contributed by atoms with Crippen LogP contribution in [0.5, 0.6) is 5.75 Å². The number of carbonyl (C=O) groups excluding carboxylic acids is 3. The fourth-order valence-electron chi connectivity index (χ4n) is 5.92. The Balaban J connectivity index is 1.48. The lowest BCUT2D eigenvalue weighted by Crippen LogP contribution is -2.46. The van der Waals surface area contributed by atoms with Crippen molar-refractivity contribution in [3.05, 3.63) is 147 Å². The highest BCUT2D eigenvalue weighted by Gasteiger charge is 2.30. The number of hydrogen-bond acceptors (Lipinski definition) is 6. The van der Waals surface area contributed by atoms with Crippen LogP contribution >= 0.6 is 0 Å². The van der Waals surface area contributed by atoms with Gasteiger partial charge in [0.2, 0.25) is 17.7 Å². The van der Waals surface area contributed by atoms with Crippen LogP contribution < -0.4 is 26.7 Å². The van der Waals surface area contributed by atoms with Crippen molar-refractivity contribution in [2.45, 2.75) is 51.6 Å². The van der Waals surface area contributed by atoms with Crippen molar-refractivity contribution < 1.29 is 29.0 Å². The molecule has 1 heterocycles. The van der Waals surface area contributed by atoms with E-state index in [1.165, 1.54) is 16.7 Å². The number of methoxy groups -OCH3 is 1. The maximum atomic E-state index is 14.2. The lowest BCUT2D eigenvalue weighted by Gasteiger charge is -2.22. The zero-order valence-electron chi connectivity index (χ0n) is 30.0. The third kappa shape index (κ3) is 9.25. The molecule has 53 heavy (non-hydrogen) atoms. The Kier molecular flexibility index (Phi) is 11.6. The van der Waals surface area contributed by atoms with E-state index in [1.807, 2.05) is 54.6 Å². The van der Waals surface area contributed by atoms with Crippen molar-refractivity contribution in [3.8, 4) is 5.75 Å². The van der Waals surface area contributed by atoms with E-state index in [0.717, 1.165) is 21.9 Å². The van der Waals surface area contributed by atoms with E-state index in [4.69, 9.17) is 10.5 Å². The zero-order chi connectivity index (χ0) is 38.3. The third-order valence-corrected chi connectivity index (χ3v) is 9.25. The Morgan fingerprint density at radius 2 is 1.55 bits per heavy atom. The average molecular weight is 715 g/mol. The van der Waals surface area contributed by atoms with E-state index in [2.05, 4.69) is 10.6 Å². The van der Waals surface area contributed by atoms with Gasteiger partial charge in [0.05, 0.1) is 25.5 Å². The van der Waals surface area contributed by atoms with Gasteiger partial charge in [0.1, 0.15) is 17.5 Å². The van der Waals surface area contributed by atoms with Gasteiger partial charge in [0.25, 0.3) is 5.56 Å². The number of fused-ring (bicyclic) bond motifs is 1. The average Bonchev–Trinajstić information content (AvgIpc) is 3.14. The predicted octanol–water partition coefficient (Wildman–Crippen LogP) is 5.14. The largest absolute Gasteiger partial charge is 0.497 e. The van der Waals surface area contributed by atoms with Crippen molar-refractivity contribution in [3.63, 3.8) is 0 Å². The number of aromatic nitrogens is 1. The Morgan fingerprint density at radius 1 is 0.906 bits per heavy atom. The molecule has 5 N–H and O–H groups in total. The van der Waals surface area contributed by atoms with Gasteiger partial charge in [0.15, 0.2) is 0 Å². The highest BCUT2D eigenvalue weighted by atomic mass is 16.5. The first-order chi connectivity index (χ1) is 25.2. The molecule has 0 fully saturated rings. The molecule has 0 spiro atoms. The third-order valence-electron chi connectivity index (χ3n) is 9.25. The number of carbonyl (C=O) groups is 4. The maximum Gasteiger partial charge on any atom is 0.313 e. The monoisotopic (exact) mass is 714 g/mol. The first-order valence-electron chi connectivity index (χ1n) is 17.0. The number of ether oxygens (including phenoxy) is 1. The fraction of sp³-hybridized carbons (Fsp3) is 0.214. The van der Waals surface area contributed by atoms with Gasteiger partial charge >= 0.3 is 5.97 Å². The van der Waals surface area contributed by atoms with E-state index in [0.29, 0.717) is 28.0 Å². The molecular formula is C42H42N4O7. The molecule has 0 saturated heterocycles. The number of hydrogen-bond donors (Lipinski definition) is 4. The van der Waals surface area contributed by atoms with Gasteiger partial charge in [-0.3, -0.25) is 24.0 Å².